The molecule has 0 aliphatic rings. The predicted molar refractivity (Wildman–Crippen MR) is 101 cm³/mol. The van der Waals surface area contributed by atoms with Gasteiger partial charge in [0.05, 0.1) is 6.10 Å². The molecule has 3 aromatic carbocycles. The first-order chi connectivity index (χ1) is 12.1. The third-order valence-corrected chi connectivity index (χ3v) is 4.17. The first-order valence-corrected chi connectivity index (χ1v) is 8.39. The van der Waals surface area contributed by atoms with Crippen molar-refractivity contribution in [2.75, 3.05) is 11.9 Å². The highest BCUT2D eigenvalue weighted by Gasteiger charge is 2.15. The van der Waals surface area contributed by atoms with Crippen molar-refractivity contribution in [2.24, 2.45) is 0 Å². The van der Waals surface area contributed by atoms with E-state index >= 15 is 0 Å². The number of aliphatic hydroxyl groups is 1. The summed E-state index contributed by atoms with van der Waals surface area (Å²) in [4.78, 5) is 12.8. The number of rotatable bonds is 6. The Kier molecular flexibility index (Phi) is 5.49. The van der Waals surface area contributed by atoms with E-state index in [0.29, 0.717) is 28.4 Å². The lowest BCUT2D eigenvalue weighted by Crippen LogP contribution is -2.14. The number of hydrogen-bond donors (Lipinski definition) is 2. The van der Waals surface area contributed by atoms with Gasteiger partial charge in [0, 0.05) is 28.4 Å². The zero-order chi connectivity index (χ0) is 17.6. The van der Waals surface area contributed by atoms with Gasteiger partial charge < -0.3 is 10.4 Å². The summed E-state index contributed by atoms with van der Waals surface area (Å²) in [6.45, 7) is 0.292. The number of carbonyl (C=O) groups is 1. The lowest BCUT2D eigenvalue weighted by Gasteiger charge is -2.16. The van der Waals surface area contributed by atoms with E-state index in [-0.39, 0.29) is 5.78 Å². The van der Waals surface area contributed by atoms with Crippen molar-refractivity contribution in [1.29, 1.82) is 0 Å². The summed E-state index contributed by atoms with van der Waals surface area (Å²) >= 11 is 6.08. The van der Waals surface area contributed by atoms with Crippen LogP contribution < -0.4 is 5.32 Å². The van der Waals surface area contributed by atoms with Crippen molar-refractivity contribution in [1.82, 2.24) is 0 Å². The highest BCUT2D eigenvalue weighted by molar-refractivity contribution is 6.31. The molecule has 1 unspecified atom stereocenters. The standard InChI is InChI=1S/C21H18ClNO2/c22-17-11-12-19(23-14-20(24)15-7-3-1-4-8-15)18(13-17)21(25)16-9-5-2-6-10-16/h1-13,20,23-24H,14H2. The zero-order valence-corrected chi connectivity index (χ0v) is 14.3. The second-order valence-corrected chi connectivity index (χ2v) is 6.13. The molecule has 25 heavy (non-hydrogen) atoms. The summed E-state index contributed by atoms with van der Waals surface area (Å²) in [6, 6.07) is 23.6. The van der Waals surface area contributed by atoms with Crippen molar-refractivity contribution in [3.05, 3.63) is 101 Å². The van der Waals surface area contributed by atoms with Gasteiger partial charge in [0.25, 0.3) is 0 Å². The molecule has 0 saturated carbocycles. The Morgan fingerprint density at radius 1 is 0.960 bits per heavy atom. The number of ketones is 1. The molecule has 0 heterocycles. The minimum Gasteiger partial charge on any atom is -0.387 e. The molecule has 4 heteroatoms. The van der Waals surface area contributed by atoms with Gasteiger partial charge in [0.1, 0.15) is 0 Å². The van der Waals surface area contributed by atoms with E-state index in [1.54, 1.807) is 30.3 Å². The quantitative estimate of drug-likeness (QED) is 0.632. The Hall–Kier alpha value is -2.62. The van der Waals surface area contributed by atoms with Crippen molar-refractivity contribution >= 4 is 23.1 Å². The Bertz CT molecular complexity index is 850. The third-order valence-electron chi connectivity index (χ3n) is 3.93. The average molecular weight is 352 g/mol. The van der Waals surface area contributed by atoms with E-state index in [2.05, 4.69) is 5.32 Å². The summed E-state index contributed by atoms with van der Waals surface area (Å²) in [5.74, 6) is -0.111. The molecule has 0 radical (unpaired) electrons. The Morgan fingerprint density at radius 2 is 1.60 bits per heavy atom. The Labute approximate surface area is 151 Å². The molecule has 0 aromatic heterocycles. The lowest BCUT2D eigenvalue weighted by molar-refractivity contribution is 0.103. The zero-order valence-electron chi connectivity index (χ0n) is 13.5. The van der Waals surface area contributed by atoms with Gasteiger partial charge in [-0.3, -0.25) is 4.79 Å². The van der Waals surface area contributed by atoms with E-state index < -0.39 is 6.10 Å². The number of hydrogen-bond acceptors (Lipinski definition) is 3. The van der Waals surface area contributed by atoms with E-state index in [0.717, 1.165) is 5.56 Å². The van der Waals surface area contributed by atoms with Gasteiger partial charge in [-0.2, -0.15) is 0 Å². The van der Waals surface area contributed by atoms with Crippen molar-refractivity contribution < 1.29 is 9.90 Å². The molecule has 3 rings (SSSR count). The number of nitrogens with one attached hydrogen (secondary N) is 1. The predicted octanol–water partition coefficient (Wildman–Crippen LogP) is 4.72. The van der Waals surface area contributed by atoms with Crippen LogP contribution in [0.15, 0.2) is 78.9 Å². The topological polar surface area (TPSA) is 49.3 Å². The molecule has 0 bridgehead atoms. The fraction of sp³-hybridized carbons (Fsp3) is 0.0952. The van der Waals surface area contributed by atoms with Crippen LogP contribution in [-0.2, 0) is 0 Å². The smallest absolute Gasteiger partial charge is 0.195 e. The first kappa shape index (κ1) is 17.2. The maximum atomic E-state index is 12.8. The van der Waals surface area contributed by atoms with Gasteiger partial charge in [-0.25, -0.2) is 0 Å². The number of anilines is 1. The minimum atomic E-state index is -0.670. The third kappa shape index (κ3) is 4.27. The molecule has 0 amide bonds. The first-order valence-electron chi connectivity index (χ1n) is 8.01. The molecule has 2 N–H and O–H groups in total. The average Bonchev–Trinajstić information content (AvgIpc) is 2.67. The van der Waals surface area contributed by atoms with Gasteiger partial charge in [-0.05, 0) is 23.8 Å². The molecular formula is C21H18ClNO2. The Morgan fingerprint density at radius 3 is 2.28 bits per heavy atom. The van der Waals surface area contributed by atoms with Gasteiger partial charge >= 0.3 is 0 Å². The normalized spacial score (nSPS) is 11.8. The molecule has 1 atom stereocenters. The van der Waals surface area contributed by atoms with Gasteiger partial charge in [-0.1, -0.05) is 72.3 Å². The fourth-order valence-corrected chi connectivity index (χ4v) is 2.78. The summed E-state index contributed by atoms with van der Waals surface area (Å²) in [5, 5.41) is 14.0. The second-order valence-electron chi connectivity index (χ2n) is 5.69. The van der Waals surface area contributed by atoms with Crippen LogP contribution in [0.25, 0.3) is 0 Å². The maximum Gasteiger partial charge on any atom is 0.195 e. The number of aliphatic hydroxyl groups excluding tert-OH is 1. The molecule has 0 fully saturated rings. The van der Waals surface area contributed by atoms with E-state index in [4.69, 9.17) is 11.6 Å². The summed E-state index contributed by atoms with van der Waals surface area (Å²) in [7, 11) is 0. The molecule has 3 nitrogen and oxygen atoms in total. The maximum absolute atomic E-state index is 12.8. The molecule has 0 saturated heterocycles. The fourth-order valence-electron chi connectivity index (χ4n) is 2.60. The summed E-state index contributed by atoms with van der Waals surface area (Å²) in [6.07, 6.45) is -0.670. The van der Waals surface area contributed by atoms with Crippen LogP contribution >= 0.6 is 11.6 Å². The van der Waals surface area contributed by atoms with Crippen LogP contribution in [0.3, 0.4) is 0 Å². The lowest BCUT2D eigenvalue weighted by atomic mass is 10.0. The Balaban J connectivity index is 1.81. The molecular weight excluding hydrogens is 334 g/mol. The molecule has 0 aliphatic carbocycles. The largest absolute Gasteiger partial charge is 0.387 e. The van der Waals surface area contributed by atoms with Crippen LogP contribution in [0, 0.1) is 0 Å². The van der Waals surface area contributed by atoms with Crippen molar-refractivity contribution in [3.8, 4) is 0 Å². The van der Waals surface area contributed by atoms with E-state index in [9.17, 15) is 9.90 Å². The molecule has 126 valence electrons. The van der Waals surface area contributed by atoms with Gasteiger partial charge in [0.2, 0.25) is 0 Å². The molecule has 0 spiro atoms. The van der Waals surface area contributed by atoms with Crippen molar-refractivity contribution in [2.45, 2.75) is 6.10 Å². The second kappa shape index (κ2) is 7.97. The minimum absolute atomic E-state index is 0.111. The highest BCUT2D eigenvalue weighted by Crippen LogP contribution is 2.24. The monoisotopic (exact) mass is 351 g/mol. The van der Waals surface area contributed by atoms with E-state index in [1.807, 2.05) is 48.5 Å². The molecule has 0 aliphatic heterocycles. The summed E-state index contributed by atoms with van der Waals surface area (Å²) in [5.41, 5.74) is 2.54. The van der Waals surface area contributed by atoms with E-state index in [1.165, 1.54) is 0 Å². The van der Waals surface area contributed by atoms with Crippen LogP contribution in [0.5, 0.6) is 0 Å². The highest BCUT2D eigenvalue weighted by atomic mass is 35.5. The number of benzene rings is 3. The van der Waals surface area contributed by atoms with Gasteiger partial charge in [0.15, 0.2) is 5.78 Å². The SMILES string of the molecule is O=C(c1ccccc1)c1cc(Cl)ccc1NCC(O)c1ccccc1. The number of halogens is 1. The van der Waals surface area contributed by atoms with Crippen LogP contribution in [0.1, 0.15) is 27.6 Å². The van der Waals surface area contributed by atoms with Crippen LogP contribution in [0.2, 0.25) is 5.02 Å². The van der Waals surface area contributed by atoms with Crippen molar-refractivity contribution in [3.63, 3.8) is 0 Å². The number of carbonyl (C=O) groups excluding carboxylic acids is 1. The van der Waals surface area contributed by atoms with Crippen LogP contribution in [0.4, 0.5) is 5.69 Å². The van der Waals surface area contributed by atoms with Crippen LogP contribution in [-0.4, -0.2) is 17.4 Å². The summed E-state index contributed by atoms with van der Waals surface area (Å²) < 4.78 is 0. The molecule has 3 aromatic rings. The van der Waals surface area contributed by atoms with Gasteiger partial charge in [-0.15, -0.1) is 0 Å².